The van der Waals surface area contributed by atoms with E-state index in [4.69, 9.17) is 4.74 Å². The minimum absolute atomic E-state index is 0.00615. The van der Waals surface area contributed by atoms with E-state index < -0.39 is 0 Å². The highest BCUT2D eigenvalue weighted by Crippen LogP contribution is 2.46. The third kappa shape index (κ3) is 3.88. The lowest BCUT2D eigenvalue weighted by Crippen LogP contribution is -2.44. The number of ether oxygens (including phenoxy) is 1. The first-order chi connectivity index (χ1) is 13.5. The second-order valence-electron chi connectivity index (χ2n) is 9.27. The molecule has 3 nitrogen and oxygen atoms in total. The predicted octanol–water partition coefficient (Wildman–Crippen LogP) is 5.13. The predicted molar refractivity (Wildman–Crippen MR) is 114 cm³/mol. The van der Waals surface area contributed by atoms with Crippen LogP contribution in [0.2, 0.25) is 0 Å². The first-order valence-electron chi connectivity index (χ1n) is 10.8. The molecule has 2 fully saturated rings. The van der Waals surface area contributed by atoms with Crippen LogP contribution in [-0.4, -0.2) is 35.7 Å². The van der Waals surface area contributed by atoms with Crippen LogP contribution < -0.4 is 0 Å². The Morgan fingerprint density at radius 1 is 1.18 bits per heavy atom. The summed E-state index contributed by atoms with van der Waals surface area (Å²) in [5.74, 6) is 0. The highest BCUT2D eigenvalue weighted by Gasteiger charge is 2.49. The van der Waals surface area contributed by atoms with Crippen molar-refractivity contribution in [3.8, 4) is 0 Å². The molecule has 2 aliphatic rings. The number of benzene rings is 1. The Morgan fingerprint density at radius 2 is 2.00 bits per heavy atom. The molecule has 4 rings (SSSR count). The fourth-order valence-corrected chi connectivity index (χ4v) is 5.11. The normalized spacial score (nSPS) is 26.0. The Balaban J connectivity index is 1.54. The average molecular weight is 379 g/mol. The van der Waals surface area contributed by atoms with E-state index in [0.717, 1.165) is 31.8 Å². The lowest BCUT2D eigenvalue weighted by atomic mass is 9.75. The molecule has 28 heavy (non-hydrogen) atoms. The van der Waals surface area contributed by atoms with Crippen molar-refractivity contribution in [2.45, 2.75) is 64.5 Å². The zero-order valence-electron chi connectivity index (χ0n) is 17.7. The van der Waals surface area contributed by atoms with E-state index in [-0.39, 0.29) is 11.0 Å². The zero-order chi connectivity index (χ0) is 19.6. The summed E-state index contributed by atoms with van der Waals surface area (Å²) < 4.78 is 6.27. The molecule has 1 unspecified atom stereocenters. The van der Waals surface area contributed by atoms with Crippen LogP contribution in [0.3, 0.4) is 0 Å². The van der Waals surface area contributed by atoms with Gasteiger partial charge in [-0.25, -0.2) is 0 Å². The quantitative estimate of drug-likeness (QED) is 0.697. The van der Waals surface area contributed by atoms with Crippen LogP contribution in [0.5, 0.6) is 0 Å². The molecule has 3 heterocycles. The van der Waals surface area contributed by atoms with Gasteiger partial charge in [-0.2, -0.15) is 0 Å². The SMILES string of the molecule is Cc1ccc(C(C)(C)N2CC[C@@](CCc3ccccc3)(C3CCCO3)C2)cn1. The molecule has 0 bridgehead atoms. The number of rotatable bonds is 6. The van der Waals surface area contributed by atoms with Crippen LogP contribution >= 0.6 is 0 Å². The first kappa shape index (κ1) is 19.6. The lowest BCUT2D eigenvalue weighted by molar-refractivity contribution is -0.00833. The molecule has 0 N–H and O–H groups in total. The van der Waals surface area contributed by atoms with Gasteiger partial charge in [0.05, 0.1) is 6.10 Å². The fraction of sp³-hybridized carbons (Fsp3) is 0.560. The summed E-state index contributed by atoms with van der Waals surface area (Å²) >= 11 is 0. The van der Waals surface area contributed by atoms with Crippen molar-refractivity contribution in [3.63, 3.8) is 0 Å². The van der Waals surface area contributed by atoms with Gasteiger partial charge in [0.25, 0.3) is 0 Å². The van der Waals surface area contributed by atoms with Crippen LogP contribution in [0.4, 0.5) is 0 Å². The number of likely N-dealkylation sites (tertiary alicyclic amines) is 1. The molecule has 0 radical (unpaired) electrons. The summed E-state index contributed by atoms with van der Waals surface area (Å²) in [6, 6.07) is 15.3. The van der Waals surface area contributed by atoms with Crippen LogP contribution in [0.1, 0.15) is 56.4 Å². The average Bonchev–Trinajstić information content (AvgIpc) is 3.39. The maximum absolute atomic E-state index is 6.27. The molecule has 0 spiro atoms. The summed E-state index contributed by atoms with van der Waals surface area (Å²) in [5.41, 5.74) is 4.09. The Labute approximate surface area is 170 Å². The van der Waals surface area contributed by atoms with Crippen LogP contribution in [-0.2, 0) is 16.7 Å². The summed E-state index contributed by atoms with van der Waals surface area (Å²) in [6.07, 6.45) is 8.48. The van der Waals surface area contributed by atoms with E-state index in [1.165, 1.54) is 36.8 Å². The number of aromatic nitrogens is 1. The Kier molecular flexibility index (Phi) is 5.57. The molecule has 2 saturated heterocycles. The van der Waals surface area contributed by atoms with Crippen molar-refractivity contribution in [1.82, 2.24) is 9.88 Å². The molecule has 2 atom stereocenters. The maximum atomic E-state index is 6.27. The van der Waals surface area contributed by atoms with E-state index in [9.17, 15) is 0 Å². The molecule has 150 valence electrons. The molecule has 0 saturated carbocycles. The molecule has 2 aliphatic heterocycles. The monoisotopic (exact) mass is 378 g/mol. The van der Waals surface area contributed by atoms with Gasteiger partial charge in [0, 0.05) is 36.0 Å². The molecule has 3 heteroatoms. The molecule has 2 aromatic rings. The van der Waals surface area contributed by atoms with Gasteiger partial charge in [-0.15, -0.1) is 0 Å². The second kappa shape index (κ2) is 7.96. The number of aryl methyl sites for hydroxylation is 2. The fourth-order valence-electron chi connectivity index (χ4n) is 5.11. The first-order valence-corrected chi connectivity index (χ1v) is 10.8. The molecule has 1 aromatic carbocycles. The zero-order valence-corrected chi connectivity index (χ0v) is 17.7. The molecular formula is C25H34N2O. The van der Waals surface area contributed by atoms with E-state index in [1.54, 1.807) is 0 Å². The summed E-state index contributed by atoms with van der Waals surface area (Å²) in [6.45, 7) is 9.94. The molecule has 1 aromatic heterocycles. The smallest absolute Gasteiger partial charge is 0.0645 e. The molecule has 0 aliphatic carbocycles. The number of pyridine rings is 1. The molecular weight excluding hydrogens is 344 g/mol. The van der Waals surface area contributed by atoms with Gasteiger partial charge in [0.15, 0.2) is 0 Å². The summed E-state index contributed by atoms with van der Waals surface area (Å²) in [5, 5.41) is 0. The van der Waals surface area contributed by atoms with Crippen molar-refractivity contribution in [3.05, 3.63) is 65.5 Å². The highest BCUT2D eigenvalue weighted by atomic mass is 16.5. The van der Waals surface area contributed by atoms with E-state index in [2.05, 4.69) is 79.3 Å². The van der Waals surface area contributed by atoms with Crippen molar-refractivity contribution < 1.29 is 4.74 Å². The maximum Gasteiger partial charge on any atom is 0.0645 e. The standard InChI is InChI=1S/C25H34N2O/c1-20-11-12-22(18-26-20)24(2,3)27-16-15-25(19-27,23-10-7-17-28-23)14-13-21-8-5-4-6-9-21/h4-6,8-9,11-12,18,23H,7,10,13-17,19H2,1-3H3/t23?,25-/m1/s1. The third-order valence-electron chi connectivity index (χ3n) is 7.16. The Morgan fingerprint density at radius 3 is 2.68 bits per heavy atom. The minimum Gasteiger partial charge on any atom is -0.378 e. The topological polar surface area (TPSA) is 25.4 Å². The number of hydrogen-bond acceptors (Lipinski definition) is 3. The van der Waals surface area contributed by atoms with Crippen molar-refractivity contribution in [2.75, 3.05) is 19.7 Å². The van der Waals surface area contributed by atoms with Gasteiger partial charge in [-0.3, -0.25) is 9.88 Å². The van der Waals surface area contributed by atoms with Gasteiger partial charge < -0.3 is 4.74 Å². The van der Waals surface area contributed by atoms with E-state index >= 15 is 0 Å². The third-order valence-corrected chi connectivity index (χ3v) is 7.16. The van der Waals surface area contributed by atoms with Crippen LogP contribution in [0.25, 0.3) is 0 Å². The Hall–Kier alpha value is -1.71. The lowest BCUT2D eigenvalue weighted by Gasteiger charge is -2.40. The summed E-state index contributed by atoms with van der Waals surface area (Å²) in [4.78, 5) is 7.23. The number of hydrogen-bond donors (Lipinski definition) is 0. The van der Waals surface area contributed by atoms with Crippen LogP contribution in [0, 0.1) is 12.3 Å². The van der Waals surface area contributed by atoms with Crippen molar-refractivity contribution in [2.24, 2.45) is 5.41 Å². The second-order valence-corrected chi connectivity index (χ2v) is 9.27. The van der Waals surface area contributed by atoms with Gasteiger partial charge in [0.1, 0.15) is 0 Å². The minimum atomic E-state index is -0.00615. The van der Waals surface area contributed by atoms with Gasteiger partial charge in [0.2, 0.25) is 0 Å². The van der Waals surface area contributed by atoms with Gasteiger partial charge >= 0.3 is 0 Å². The van der Waals surface area contributed by atoms with Gasteiger partial charge in [-0.1, -0.05) is 36.4 Å². The van der Waals surface area contributed by atoms with Gasteiger partial charge in [-0.05, 0) is 76.6 Å². The number of nitrogens with zero attached hydrogens (tertiary/aromatic N) is 2. The largest absolute Gasteiger partial charge is 0.378 e. The summed E-state index contributed by atoms with van der Waals surface area (Å²) in [7, 11) is 0. The van der Waals surface area contributed by atoms with E-state index in [1.807, 2.05) is 0 Å². The molecule has 0 amide bonds. The van der Waals surface area contributed by atoms with E-state index in [0.29, 0.717) is 6.10 Å². The van der Waals surface area contributed by atoms with Crippen LogP contribution in [0.15, 0.2) is 48.7 Å². The Bertz CT molecular complexity index is 765. The highest BCUT2D eigenvalue weighted by molar-refractivity contribution is 5.22. The van der Waals surface area contributed by atoms with Crippen molar-refractivity contribution in [1.29, 1.82) is 0 Å². The van der Waals surface area contributed by atoms with Crippen molar-refractivity contribution >= 4 is 0 Å².